The average Bonchev–Trinajstić information content (AvgIpc) is 2.37. The van der Waals surface area contributed by atoms with E-state index in [0.29, 0.717) is 12.8 Å². The summed E-state index contributed by atoms with van der Waals surface area (Å²) in [5.41, 5.74) is -0.530. The molecule has 1 aliphatic heterocycles. The predicted octanol–water partition coefficient (Wildman–Crippen LogP) is 0.287. The van der Waals surface area contributed by atoms with Crippen molar-refractivity contribution in [3.8, 4) is 0 Å². The lowest BCUT2D eigenvalue weighted by Crippen LogP contribution is -2.54. The summed E-state index contributed by atoms with van der Waals surface area (Å²) in [5, 5.41) is 11.2. The Hall–Kier alpha value is -1.92. The monoisotopic (exact) mass is 296 g/mol. The molecule has 2 aliphatic rings. The van der Waals surface area contributed by atoms with Crippen molar-refractivity contribution in [3.63, 3.8) is 0 Å². The van der Waals surface area contributed by atoms with Gasteiger partial charge in [-0.15, -0.1) is 0 Å². The fourth-order valence-electron chi connectivity index (χ4n) is 3.28. The smallest absolute Gasteiger partial charge is 0.303 e. The summed E-state index contributed by atoms with van der Waals surface area (Å²) in [6.07, 6.45) is 4.37. The van der Waals surface area contributed by atoms with Gasteiger partial charge in [-0.25, -0.2) is 0 Å². The van der Waals surface area contributed by atoms with Crippen LogP contribution in [-0.4, -0.2) is 46.8 Å². The van der Waals surface area contributed by atoms with E-state index >= 15 is 0 Å². The minimum absolute atomic E-state index is 0.0350. The van der Waals surface area contributed by atoms with Crippen LogP contribution < -0.4 is 5.32 Å². The number of imide groups is 1. The van der Waals surface area contributed by atoms with Gasteiger partial charge < -0.3 is 10.0 Å². The number of amides is 3. The Bertz CT molecular complexity index is 452. The van der Waals surface area contributed by atoms with E-state index in [-0.39, 0.29) is 31.8 Å². The largest absolute Gasteiger partial charge is 0.481 e. The number of rotatable bonds is 4. The molecule has 0 atom stereocenters. The highest BCUT2D eigenvalue weighted by Crippen LogP contribution is 2.42. The summed E-state index contributed by atoms with van der Waals surface area (Å²) in [7, 11) is 0. The summed E-state index contributed by atoms with van der Waals surface area (Å²) in [6, 6.07) is 0. The lowest BCUT2D eigenvalue weighted by Gasteiger charge is -2.37. The third-order valence-corrected chi connectivity index (χ3v) is 4.27. The van der Waals surface area contributed by atoms with Crippen molar-refractivity contribution in [3.05, 3.63) is 0 Å². The molecule has 7 nitrogen and oxygen atoms in total. The van der Waals surface area contributed by atoms with E-state index in [1.54, 1.807) is 0 Å². The number of hydrogen-bond donors (Lipinski definition) is 2. The van der Waals surface area contributed by atoms with Crippen LogP contribution in [-0.2, 0) is 19.2 Å². The van der Waals surface area contributed by atoms with Gasteiger partial charge >= 0.3 is 5.97 Å². The molecule has 2 fully saturated rings. The van der Waals surface area contributed by atoms with Crippen LogP contribution in [0.4, 0.5) is 0 Å². The number of carboxylic acids is 1. The van der Waals surface area contributed by atoms with Crippen LogP contribution in [0.1, 0.15) is 44.9 Å². The number of carboxylic acid groups (broad SMARTS) is 1. The molecule has 1 heterocycles. The zero-order valence-corrected chi connectivity index (χ0v) is 11.9. The van der Waals surface area contributed by atoms with Crippen molar-refractivity contribution in [1.29, 1.82) is 0 Å². The first-order valence-electron chi connectivity index (χ1n) is 7.22. The van der Waals surface area contributed by atoms with Gasteiger partial charge in [0.2, 0.25) is 17.7 Å². The van der Waals surface area contributed by atoms with Crippen molar-refractivity contribution in [2.45, 2.75) is 44.9 Å². The zero-order valence-electron chi connectivity index (χ0n) is 11.9. The standard InChI is InChI=1S/C14H20N2O5/c17-10-8-16(9-11(18)15-10)12(19)6-14(7-13(20)21)4-2-1-3-5-14/h1-9H2,(H,20,21)(H,15,17,18). The van der Waals surface area contributed by atoms with E-state index in [1.807, 2.05) is 0 Å². The molecule has 0 unspecified atom stereocenters. The third kappa shape index (κ3) is 4.03. The van der Waals surface area contributed by atoms with Crippen LogP contribution in [0.5, 0.6) is 0 Å². The van der Waals surface area contributed by atoms with Gasteiger partial charge in [0.1, 0.15) is 13.1 Å². The number of hydrogen-bond acceptors (Lipinski definition) is 4. The molecule has 0 spiro atoms. The van der Waals surface area contributed by atoms with E-state index in [4.69, 9.17) is 5.11 Å². The number of carbonyl (C=O) groups excluding carboxylic acids is 3. The van der Waals surface area contributed by atoms with Crippen molar-refractivity contribution < 1.29 is 24.3 Å². The molecular weight excluding hydrogens is 276 g/mol. The quantitative estimate of drug-likeness (QED) is 0.725. The highest BCUT2D eigenvalue weighted by atomic mass is 16.4. The molecule has 1 saturated carbocycles. The van der Waals surface area contributed by atoms with Crippen LogP contribution in [0.2, 0.25) is 0 Å². The molecule has 0 radical (unpaired) electrons. The summed E-state index contributed by atoms with van der Waals surface area (Å²) in [4.78, 5) is 47.3. The van der Waals surface area contributed by atoms with Gasteiger partial charge in [-0.05, 0) is 18.3 Å². The van der Waals surface area contributed by atoms with E-state index in [1.165, 1.54) is 4.90 Å². The number of nitrogens with one attached hydrogen (secondary N) is 1. The van der Waals surface area contributed by atoms with Crippen LogP contribution in [0, 0.1) is 5.41 Å². The SMILES string of the molecule is O=C(O)CC1(CC(=O)N2CC(=O)NC(=O)C2)CCCCC1. The molecule has 0 aromatic rings. The lowest BCUT2D eigenvalue weighted by atomic mass is 9.69. The molecule has 1 saturated heterocycles. The minimum Gasteiger partial charge on any atom is -0.481 e. The minimum atomic E-state index is -0.905. The van der Waals surface area contributed by atoms with E-state index < -0.39 is 23.2 Å². The van der Waals surface area contributed by atoms with Crippen LogP contribution >= 0.6 is 0 Å². The normalized spacial score (nSPS) is 21.8. The molecule has 3 amide bonds. The predicted molar refractivity (Wildman–Crippen MR) is 72.1 cm³/mol. The number of carbonyl (C=O) groups is 4. The number of piperazine rings is 1. The number of aliphatic carboxylic acids is 1. The molecule has 0 aromatic heterocycles. The maximum atomic E-state index is 12.3. The maximum absolute atomic E-state index is 12.3. The van der Waals surface area contributed by atoms with Gasteiger partial charge in [0, 0.05) is 6.42 Å². The molecule has 2 N–H and O–H groups in total. The van der Waals surface area contributed by atoms with Gasteiger partial charge in [-0.3, -0.25) is 24.5 Å². The molecule has 1 aliphatic carbocycles. The lowest BCUT2D eigenvalue weighted by molar-refractivity contribution is -0.149. The Kier molecular flexibility index (Phi) is 4.59. The highest BCUT2D eigenvalue weighted by Gasteiger charge is 2.38. The van der Waals surface area contributed by atoms with Crippen LogP contribution in [0.3, 0.4) is 0 Å². The fraction of sp³-hybridized carbons (Fsp3) is 0.714. The first kappa shape index (κ1) is 15.5. The second-order valence-electron chi connectivity index (χ2n) is 6.03. The van der Waals surface area contributed by atoms with Crippen LogP contribution in [0.25, 0.3) is 0 Å². The highest BCUT2D eigenvalue weighted by molar-refractivity contribution is 6.02. The van der Waals surface area contributed by atoms with E-state index in [9.17, 15) is 19.2 Å². The van der Waals surface area contributed by atoms with Gasteiger partial charge in [0.25, 0.3) is 0 Å². The number of nitrogens with zero attached hydrogens (tertiary/aromatic N) is 1. The molecule has 21 heavy (non-hydrogen) atoms. The first-order valence-corrected chi connectivity index (χ1v) is 7.22. The zero-order chi connectivity index (χ0) is 15.5. The van der Waals surface area contributed by atoms with Crippen molar-refractivity contribution >= 4 is 23.7 Å². The summed E-state index contributed by atoms with van der Waals surface area (Å²) in [5.74, 6) is -2.19. The van der Waals surface area contributed by atoms with Gasteiger partial charge in [0.15, 0.2) is 0 Å². The van der Waals surface area contributed by atoms with E-state index in [2.05, 4.69) is 5.32 Å². The molecule has 0 aromatic carbocycles. The Balaban J connectivity index is 2.05. The Labute approximate surface area is 122 Å². The second kappa shape index (κ2) is 6.24. The van der Waals surface area contributed by atoms with Gasteiger partial charge in [-0.2, -0.15) is 0 Å². The fourth-order valence-corrected chi connectivity index (χ4v) is 3.28. The summed E-state index contributed by atoms with van der Waals surface area (Å²) in [6.45, 7) is -0.262. The van der Waals surface area contributed by atoms with Crippen molar-refractivity contribution in [2.75, 3.05) is 13.1 Å². The van der Waals surface area contributed by atoms with Crippen molar-refractivity contribution in [2.24, 2.45) is 5.41 Å². The summed E-state index contributed by atoms with van der Waals surface area (Å²) < 4.78 is 0. The summed E-state index contributed by atoms with van der Waals surface area (Å²) >= 11 is 0. The first-order chi connectivity index (χ1) is 9.90. The van der Waals surface area contributed by atoms with Gasteiger partial charge in [0.05, 0.1) is 6.42 Å². The Morgan fingerprint density at radius 2 is 1.62 bits per heavy atom. The molecule has 7 heteroatoms. The Morgan fingerprint density at radius 1 is 1.05 bits per heavy atom. The third-order valence-electron chi connectivity index (χ3n) is 4.27. The molecule has 0 bridgehead atoms. The van der Waals surface area contributed by atoms with E-state index in [0.717, 1.165) is 19.3 Å². The molecular formula is C14H20N2O5. The van der Waals surface area contributed by atoms with Gasteiger partial charge in [-0.1, -0.05) is 19.3 Å². The maximum Gasteiger partial charge on any atom is 0.303 e. The molecule has 2 rings (SSSR count). The Morgan fingerprint density at radius 3 is 2.14 bits per heavy atom. The average molecular weight is 296 g/mol. The van der Waals surface area contributed by atoms with Crippen LogP contribution in [0.15, 0.2) is 0 Å². The van der Waals surface area contributed by atoms with Crippen molar-refractivity contribution in [1.82, 2.24) is 10.2 Å². The topological polar surface area (TPSA) is 104 Å². The second-order valence-corrected chi connectivity index (χ2v) is 6.03. The molecule has 116 valence electrons.